The minimum atomic E-state index is -2.04. The van der Waals surface area contributed by atoms with Gasteiger partial charge in [-0.3, -0.25) is 9.59 Å². The first kappa shape index (κ1) is 79.6. The molecule has 4 saturated heterocycles. The molecular weight excluding hydrogens is 1230 g/mol. The molecular formula is C54H104FN9O27. The molecule has 4 aliphatic heterocycles. The van der Waals surface area contributed by atoms with E-state index in [1.165, 1.54) is 27.9 Å². The third-order valence-corrected chi connectivity index (χ3v) is 17.7. The summed E-state index contributed by atoms with van der Waals surface area (Å²) in [6.07, 6.45) is -39.1. The quantitative estimate of drug-likeness (QED) is 0.0297. The fourth-order valence-corrected chi connectivity index (χ4v) is 12.4. The summed E-state index contributed by atoms with van der Waals surface area (Å²) in [5.74, 6) is -3.61. The van der Waals surface area contributed by atoms with E-state index in [1.807, 2.05) is 0 Å². The van der Waals surface area contributed by atoms with Crippen LogP contribution >= 0.6 is 0 Å². The Labute approximate surface area is 525 Å². The van der Waals surface area contributed by atoms with Crippen LogP contribution in [0.3, 0.4) is 0 Å². The number of ketones is 2. The van der Waals surface area contributed by atoms with Crippen molar-refractivity contribution in [3.05, 3.63) is 0 Å². The van der Waals surface area contributed by atoms with Gasteiger partial charge in [-0.15, -0.1) is 0 Å². The number of halogens is 1. The standard InChI is InChI=1S/C28H55N5O14.C26H49FN4O13/c1-28(43)10-44-26(22(42)25(28)32-2)46-23-11(6-14(35)17(37)15(36)7-30)5-13(31)24(21(23)41)47-27-20(40)19(39)18(38)16(45-27)9-33-8-12(34)3-4-29;1-26(40)9-41-24(20(39)23(26)30-2)43-21-10(6-13(33)15(34)11(27)7-28)5-12(29)22(19(21)38)44-25-18(37)17(36)16(35)14(42-25)8-31-3-4-32/h11-13,15-27,32-34,36-43H,3-10,29-31H2,1-2H3;10-12,14-25,30-32,34-40H,3-9,28-29H2,1-2H3/t11-,12?,13-,15?,16+,17?,18+,19-,20+,21+,22+,23-,24?,25+,26+,27+,28-;10-,11?,12-,14+,15?,16+,17-,18+,19+,20+,21-,22?,23+,24+,25+,26-/m00/s1. The van der Waals surface area contributed by atoms with Crippen molar-refractivity contribution in [3.63, 3.8) is 0 Å². The molecule has 0 amide bonds. The SMILES string of the molecule is CN[C@@H]1[C@@H](O)[C@@H](O[C@H]2[C@H](CC(=O)C(O)C(F)CN)C[C@H](N)C(O[C@H]3O[C@H](CNCCO)[C@@H](O)[C@H](O)[C@H]3O)[C@@H]2O)OC[C@]1(C)O.CN[C@@H]1[C@@H](O)[C@@H](O[C@H]2[C@H](CC(=O)C(O)C(O)CN)C[C@H](N)C(O[C@H]3O[C@H](CNCC(O)CCN)[C@@H](O)[C@H](O)[C@H]3O)[C@@H]2O)OC[C@]1(C)O. The van der Waals surface area contributed by atoms with Crippen LogP contribution in [0.25, 0.3) is 0 Å². The molecule has 0 aromatic rings. The summed E-state index contributed by atoms with van der Waals surface area (Å²) in [5, 5.41) is 190. The highest BCUT2D eigenvalue weighted by atomic mass is 19.1. The highest BCUT2D eigenvalue weighted by molar-refractivity contribution is 5.84. The smallest absolute Gasteiger partial charge is 0.187 e. The summed E-state index contributed by atoms with van der Waals surface area (Å²) in [5.41, 5.74) is 25.8. The summed E-state index contributed by atoms with van der Waals surface area (Å²) in [4.78, 5) is 25.6. The van der Waals surface area contributed by atoms with E-state index in [9.17, 15) is 95.7 Å². The lowest BCUT2D eigenvalue weighted by atomic mass is 9.76. The van der Waals surface area contributed by atoms with E-state index in [-0.39, 0.29) is 65.4 Å². The van der Waals surface area contributed by atoms with Crippen molar-refractivity contribution in [2.75, 3.05) is 79.7 Å². The largest absolute Gasteiger partial charge is 0.395 e. The lowest BCUT2D eigenvalue weighted by molar-refractivity contribution is -0.333. The molecule has 31 N–H and O–H groups in total. The molecule has 37 heteroatoms. The third-order valence-electron chi connectivity index (χ3n) is 17.7. The number of nitrogens with two attached hydrogens (primary N) is 5. The van der Waals surface area contributed by atoms with Gasteiger partial charge in [0, 0.05) is 64.2 Å². The Morgan fingerprint density at radius 2 is 0.978 bits per heavy atom. The Kier molecular flexibility index (Phi) is 31.4. The van der Waals surface area contributed by atoms with Crippen molar-refractivity contribution in [1.82, 2.24) is 21.3 Å². The second-order valence-electron chi connectivity index (χ2n) is 24.9. The van der Waals surface area contributed by atoms with Gasteiger partial charge in [-0.05, 0) is 65.6 Å². The van der Waals surface area contributed by atoms with Gasteiger partial charge in [-0.25, -0.2) is 4.39 Å². The second-order valence-corrected chi connectivity index (χ2v) is 24.9. The van der Waals surface area contributed by atoms with Gasteiger partial charge in [0.05, 0.1) is 56.3 Å². The van der Waals surface area contributed by atoms with Crippen LogP contribution < -0.4 is 49.9 Å². The maximum absolute atomic E-state index is 14.0. The number of nitrogens with one attached hydrogen (secondary N) is 4. The number of hydrogen-bond acceptors (Lipinski definition) is 36. The number of carbonyl (C=O) groups excluding carboxylic acids is 2. The van der Waals surface area contributed by atoms with Crippen molar-refractivity contribution >= 4 is 11.6 Å². The average Bonchev–Trinajstić information content (AvgIpc) is 0.797. The Hall–Kier alpha value is -2.09. The molecule has 4 heterocycles. The lowest BCUT2D eigenvalue weighted by Crippen LogP contribution is -2.67. The predicted molar refractivity (Wildman–Crippen MR) is 308 cm³/mol. The van der Waals surface area contributed by atoms with Gasteiger partial charge in [0.25, 0.3) is 0 Å². The number of ether oxygens (including phenoxy) is 8. The van der Waals surface area contributed by atoms with Gasteiger partial charge in [-0.2, -0.15) is 0 Å². The van der Waals surface area contributed by atoms with E-state index in [0.717, 1.165) is 0 Å². The van der Waals surface area contributed by atoms with E-state index in [1.54, 1.807) is 0 Å². The summed E-state index contributed by atoms with van der Waals surface area (Å²) < 4.78 is 60.4. The summed E-state index contributed by atoms with van der Waals surface area (Å²) in [7, 11) is 3.02. The van der Waals surface area contributed by atoms with Gasteiger partial charge in [0.1, 0.15) is 115 Å². The van der Waals surface area contributed by atoms with Gasteiger partial charge < -0.3 is 175 Å². The van der Waals surface area contributed by atoms with Crippen LogP contribution in [-0.2, 0) is 47.5 Å². The molecule has 2 saturated carbocycles. The van der Waals surface area contributed by atoms with Crippen LogP contribution in [-0.4, -0.2) is 367 Å². The molecule has 6 aliphatic rings. The number of likely N-dealkylation sites (N-methyl/N-ethyl adjacent to an activating group) is 2. The molecule has 0 bridgehead atoms. The van der Waals surface area contributed by atoms with Crippen LogP contribution in [0.1, 0.15) is 46.0 Å². The van der Waals surface area contributed by atoms with Crippen molar-refractivity contribution in [2.24, 2.45) is 40.5 Å². The summed E-state index contributed by atoms with van der Waals surface area (Å²) >= 11 is 0. The Balaban J connectivity index is 0.000000331. The van der Waals surface area contributed by atoms with E-state index in [0.29, 0.717) is 6.42 Å². The predicted octanol–water partition coefficient (Wildman–Crippen LogP) is -14.2. The average molecular weight is 1330 g/mol. The zero-order valence-corrected chi connectivity index (χ0v) is 51.5. The zero-order chi connectivity index (χ0) is 68.1. The number of hydrogen-bond donors (Lipinski definition) is 26. The molecule has 0 radical (unpaired) electrons. The molecule has 534 valence electrons. The van der Waals surface area contributed by atoms with Crippen LogP contribution in [0.15, 0.2) is 0 Å². The highest BCUT2D eigenvalue weighted by Gasteiger charge is 2.56. The molecule has 33 atom stereocenters. The monoisotopic (exact) mass is 1330 g/mol. The fourth-order valence-electron chi connectivity index (χ4n) is 12.4. The first-order chi connectivity index (χ1) is 42.7. The number of carbonyl (C=O) groups is 2. The first-order valence-electron chi connectivity index (χ1n) is 30.6. The number of aliphatic hydroxyl groups is 17. The van der Waals surface area contributed by atoms with Crippen LogP contribution in [0.5, 0.6) is 0 Å². The number of rotatable bonds is 30. The topological polar surface area (TPSA) is 630 Å². The van der Waals surface area contributed by atoms with Crippen molar-refractivity contribution in [1.29, 1.82) is 0 Å². The Morgan fingerprint density at radius 3 is 1.36 bits per heavy atom. The fraction of sp³-hybridized carbons (Fsp3) is 0.963. The molecule has 0 aromatic carbocycles. The van der Waals surface area contributed by atoms with Crippen LogP contribution in [0, 0.1) is 11.8 Å². The molecule has 36 nitrogen and oxygen atoms in total. The maximum atomic E-state index is 14.0. The van der Waals surface area contributed by atoms with E-state index in [4.69, 9.17) is 71.7 Å². The zero-order valence-electron chi connectivity index (χ0n) is 51.5. The Morgan fingerprint density at radius 1 is 0.571 bits per heavy atom. The molecule has 0 aromatic heterocycles. The molecule has 6 fully saturated rings. The van der Waals surface area contributed by atoms with Crippen LogP contribution in [0.4, 0.5) is 4.39 Å². The Bertz CT molecular complexity index is 2170. The molecule has 6 rings (SSSR count). The molecule has 7 unspecified atom stereocenters. The van der Waals surface area contributed by atoms with Gasteiger partial charge in [0.15, 0.2) is 36.7 Å². The second kappa shape index (κ2) is 35.9. The minimum absolute atomic E-state index is 0.0332. The van der Waals surface area contributed by atoms with Crippen molar-refractivity contribution in [2.45, 2.75) is 235 Å². The summed E-state index contributed by atoms with van der Waals surface area (Å²) in [6, 6.07) is -3.93. The van der Waals surface area contributed by atoms with E-state index >= 15 is 0 Å². The normalized spacial score (nSPS) is 44.0. The molecule has 0 spiro atoms. The van der Waals surface area contributed by atoms with Crippen molar-refractivity contribution in [3.8, 4) is 0 Å². The minimum Gasteiger partial charge on any atom is -0.395 e. The number of aliphatic hydroxyl groups excluding tert-OH is 15. The number of alkyl halides is 1. The van der Waals surface area contributed by atoms with Gasteiger partial charge in [-0.1, -0.05) is 0 Å². The maximum Gasteiger partial charge on any atom is 0.187 e. The van der Waals surface area contributed by atoms with E-state index in [2.05, 4.69) is 21.3 Å². The van der Waals surface area contributed by atoms with E-state index < -0.39 is 238 Å². The highest BCUT2D eigenvalue weighted by Crippen LogP contribution is 2.39. The summed E-state index contributed by atoms with van der Waals surface area (Å²) in [6.45, 7) is 1.56. The first-order valence-corrected chi connectivity index (χ1v) is 30.6. The number of Topliss-reactive ketones (excluding diaryl/α,β-unsaturated/α-hetero) is 2. The molecule has 91 heavy (non-hydrogen) atoms. The van der Waals surface area contributed by atoms with Crippen molar-refractivity contribution < 1.29 is 139 Å². The van der Waals surface area contributed by atoms with Gasteiger partial charge in [0.2, 0.25) is 0 Å². The van der Waals surface area contributed by atoms with Gasteiger partial charge >= 0.3 is 0 Å². The van der Waals surface area contributed by atoms with Crippen LogP contribution in [0.2, 0.25) is 0 Å². The lowest BCUT2D eigenvalue weighted by Gasteiger charge is -2.49. The molecule has 2 aliphatic carbocycles. The third kappa shape index (κ3) is 20.0.